The molecule has 7 nitrogen and oxygen atoms in total. The molecule has 0 atom stereocenters. The molecule has 0 saturated carbocycles. The fourth-order valence-electron chi connectivity index (χ4n) is 2.89. The maximum atomic E-state index is 12.0. The molecule has 1 aliphatic rings. The quantitative estimate of drug-likeness (QED) is 0.633. The van der Waals surface area contributed by atoms with Gasteiger partial charge in [0.2, 0.25) is 0 Å². The number of benzene rings is 1. The Bertz CT molecular complexity index is 896. The van der Waals surface area contributed by atoms with Gasteiger partial charge >= 0.3 is 12.1 Å². The van der Waals surface area contributed by atoms with Crippen molar-refractivity contribution in [2.75, 3.05) is 26.0 Å². The number of esters is 1. The van der Waals surface area contributed by atoms with E-state index < -0.39 is 5.60 Å². The van der Waals surface area contributed by atoms with Gasteiger partial charge in [-0.25, -0.2) is 9.59 Å². The Morgan fingerprint density at radius 2 is 1.93 bits per heavy atom. The van der Waals surface area contributed by atoms with E-state index in [1.807, 2.05) is 26.8 Å². The zero-order valence-electron chi connectivity index (χ0n) is 18.0. The van der Waals surface area contributed by atoms with Crippen LogP contribution in [0.2, 0.25) is 0 Å². The number of halogens is 1. The summed E-state index contributed by atoms with van der Waals surface area (Å²) >= 11 is 3.47. The van der Waals surface area contributed by atoms with E-state index in [0.29, 0.717) is 17.8 Å². The smallest absolute Gasteiger partial charge is 0.410 e. The molecule has 0 saturated heterocycles. The third-order valence-electron chi connectivity index (χ3n) is 4.33. The van der Waals surface area contributed by atoms with Gasteiger partial charge in [-0.1, -0.05) is 22.0 Å². The lowest BCUT2D eigenvalue weighted by Gasteiger charge is -2.31. The number of rotatable bonds is 2. The molecule has 1 N–H and O–H groups in total. The normalized spacial score (nSPS) is 12.8. The number of hydrogen-bond donors (Lipinski definition) is 1. The molecule has 0 radical (unpaired) electrons. The van der Waals surface area contributed by atoms with E-state index in [-0.39, 0.29) is 12.1 Å². The molecule has 162 valence electrons. The average molecular weight is 478 g/mol. The van der Waals surface area contributed by atoms with Crippen molar-refractivity contribution in [3.05, 3.63) is 57.8 Å². The van der Waals surface area contributed by atoms with Crippen LogP contribution in [0.25, 0.3) is 0 Å². The van der Waals surface area contributed by atoms with Gasteiger partial charge in [-0.05, 0) is 56.5 Å². The highest BCUT2D eigenvalue weighted by Crippen LogP contribution is 2.24. The van der Waals surface area contributed by atoms with E-state index in [0.717, 1.165) is 17.4 Å². The van der Waals surface area contributed by atoms with Crippen molar-refractivity contribution in [2.24, 2.45) is 0 Å². The minimum Gasteiger partial charge on any atom is -0.465 e. The van der Waals surface area contributed by atoms with Gasteiger partial charge < -0.3 is 19.7 Å². The summed E-state index contributed by atoms with van der Waals surface area (Å²) < 4.78 is 11.1. The molecule has 2 heterocycles. The largest absolute Gasteiger partial charge is 0.465 e. The molecule has 1 amide bonds. The summed E-state index contributed by atoms with van der Waals surface area (Å²) in [5, 5.41) is 2.85. The van der Waals surface area contributed by atoms with Crippen LogP contribution in [-0.4, -0.2) is 48.2 Å². The first-order chi connectivity index (χ1) is 14.1. The van der Waals surface area contributed by atoms with Gasteiger partial charge in [0, 0.05) is 30.8 Å². The van der Waals surface area contributed by atoms with E-state index in [9.17, 15) is 9.59 Å². The van der Waals surface area contributed by atoms with E-state index in [1.165, 1.54) is 18.2 Å². The van der Waals surface area contributed by atoms with Gasteiger partial charge in [0.1, 0.15) is 5.60 Å². The maximum Gasteiger partial charge on any atom is 0.410 e. The number of methoxy groups -OCH3 is 1. The number of fused-ring (bicyclic) bond motifs is 1. The molecule has 0 spiro atoms. The summed E-state index contributed by atoms with van der Waals surface area (Å²) in [6.07, 6.45) is 3.78. The summed E-state index contributed by atoms with van der Waals surface area (Å²) in [5.74, 6) is -0.359. The van der Waals surface area contributed by atoms with Crippen LogP contribution < -0.4 is 5.32 Å². The van der Waals surface area contributed by atoms with Gasteiger partial charge in [-0.15, -0.1) is 0 Å². The summed E-state index contributed by atoms with van der Waals surface area (Å²) in [7, 11) is 3.08. The number of nitrogens with one attached hydrogen (secondary N) is 1. The van der Waals surface area contributed by atoms with Crippen molar-refractivity contribution in [3.63, 3.8) is 0 Å². The number of anilines is 1. The molecule has 1 aliphatic heterocycles. The average Bonchev–Trinajstić information content (AvgIpc) is 2.72. The second kappa shape index (κ2) is 10.4. The van der Waals surface area contributed by atoms with Crippen LogP contribution in [0.1, 0.15) is 42.3 Å². The maximum absolute atomic E-state index is 12.0. The van der Waals surface area contributed by atoms with E-state index in [2.05, 4.69) is 43.1 Å². The monoisotopic (exact) mass is 477 g/mol. The number of carbonyl (C=O) groups is 2. The molecule has 30 heavy (non-hydrogen) atoms. The highest BCUT2D eigenvalue weighted by Gasteiger charge is 2.25. The van der Waals surface area contributed by atoms with Crippen LogP contribution >= 0.6 is 15.9 Å². The highest BCUT2D eigenvalue weighted by molar-refractivity contribution is 9.10. The Morgan fingerprint density at radius 3 is 2.57 bits per heavy atom. The number of ether oxygens (including phenoxy) is 2. The second-order valence-electron chi connectivity index (χ2n) is 7.73. The lowest BCUT2D eigenvalue weighted by molar-refractivity contribution is 0.0223. The predicted octanol–water partition coefficient (Wildman–Crippen LogP) is 4.65. The zero-order valence-corrected chi connectivity index (χ0v) is 19.6. The van der Waals surface area contributed by atoms with E-state index in [4.69, 9.17) is 4.74 Å². The van der Waals surface area contributed by atoms with Gasteiger partial charge in [0.25, 0.3) is 0 Å². The van der Waals surface area contributed by atoms with Crippen LogP contribution in [0.3, 0.4) is 0 Å². The first-order valence-corrected chi connectivity index (χ1v) is 10.4. The Kier molecular flexibility index (Phi) is 8.23. The third-order valence-corrected chi connectivity index (χ3v) is 4.82. The van der Waals surface area contributed by atoms with Crippen molar-refractivity contribution in [1.82, 2.24) is 9.88 Å². The Labute approximate surface area is 185 Å². The van der Waals surface area contributed by atoms with Crippen LogP contribution in [0, 0.1) is 0 Å². The highest BCUT2D eigenvalue weighted by atomic mass is 79.9. The molecule has 8 heteroatoms. The van der Waals surface area contributed by atoms with Crippen molar-refractivity contribution in [3.8, 4) is 0 Å². The molecular weight excluding hydrogens is 450 g/mol. The molecule has 0 fully saturated rings. The molecular formula is C22H28BrN3O4. The molecule has 0 bridgehead atoms. The number of nitrogens with zero attached hydrogens (tertiary/aromatic N) is 2. The van der Waals surface area contributed by atoms with E-state index in [1.54, 1.807) is 30.4 Å². The van der Waals surface area contributed by atoms with Gasteiger partial charge in [0.05, 0.1) is 24.6 Å². The van der Waals surface area contributed by atoms with Crippen LogP contribution in [-0.2, 0) is 22.4 Å². The topological polar surface area (TPSA) is 80.8 Å². The van der Waals surface area contributed by atoms with Crippen molar-refractivity contribution in [2.45, 2.75) is 39.3 Å². The lowest BCUT2D eigenvalue weighted by Crippen LogP contribution is -2.39. The number of hydrogen-bond acceptors (Lipinski definition) is 6. The summed E-state index contributed by atoms with van der Waals surface area (Å²) in [4.78, 5) is 28.7. The standard InChI is InChI=1S/C14H18BrNO2.C8H10N2O2/c1-14(2,3)18-13(17)16-7-6-10-8-12(15)5-4-11(10)9-16;1-9-7-5-10-4-3-6(7)8(11)12-2/h4-5,8H,6-7,9H2,1-3H3;3-5,9H,1-2H3. The first-order valence-electron chi connectivity index (χ1n) is 9.60. The fraction of sp³-hybridized carbons (Fsp3) is 0.409. The lowest BCUT2D eigenvalue weighted by atomic mass is 10.0. The van der Waals surface area contributed by atoms with Crippen molar-refractivity contribution < 1.29 is 19.1 Å². The summed E-state index contributed by atoms with van der Waals surface area (Å²) in [5.41, 5.74) is 3.25. The molecule has 1 aromatic heterocycles. The molecule has 3 rings (SSSR count). The Hall–Kier alpha value is -2.61. The van der Waals surface area contributed by atoms with Gasteiger partial charge in [-0.2, -0.15) is 0 Å². The number of pyridine rings is 1. The molecule has 2 aromatic rings. The van der Waals surface area contributed by atoms with Crippen molar-refractivity contribution >= 4 is 33.7 Å². The Balaban J connectivity index is 0.000000232. The van der Waals surface area contributed by atoms with E-state index >= 15 is 0 Å². The first kappa shape index (κ1) is 23.7. The minimum absolute atomic E-state index is 0.226. The number of carbonyl (C=O) groups excluding carboxylic acids is 2. The number of amides is 1. The SMILES string of the molecule is CC(C)(C)OC(=O)N1CCc2cc(Br)ccc2C1.CNc1cnccc1C(=O)OC. The zero-order chi connectivity index (χ0) is 22.3. The van der Waals surface area contributed by atoms with Crippen molar-refractivity contribution in [1.29, 1.82) is 0 Å². The Morgan fingerprint density at radius 1 is 1.20 bits per heavy atom. The van der Waals surface area contributed by atoms with Crippen LogP contribution in [0.15, 0.2) is 41.1 Å². The third kappa shape index (κ3) is 6.73. The number of aromatic nitrogens is 1. The van der Waals surface area contributed by atoms with Crippen LogP contribution in [0.4, 0.5) is 10.5 Å². The van der Waals surface area contributed by atoms with Crippen LogP contribution in [0.5, 0.6) is 0 Å². The molecule has 0 aliphatic carbocycles. The van der Waals surface area contributed by atoms with Gasteiger partial charge in [-0.3, -0.25) is 4.98 Å². The van der Waals surface area contributed by atoms with Gasteiger partial charge in [0.15, 0.2) is 0 Å². The second-order valence-corrected chi connectivity index (χ2v) is 8.64. The molecule has 0 unspecified atom stereocenters. The summed E-state index contributed by atoms with van der Waals surface area (Å²) in [6, 6.07) is 7.81. The minimum atomic E-state index is -0.433. The fourth-order valence-corrected chi connectivity index (χ4v) is 3.29. The summed E-state index contributed by atoms with van der Waals surface area (Å²) in [6.45, 7) is 7.02. The predicted molar refractivity (Wildman–Crippen MR) is 120 cm³/mol. The molecule has 1 aromatic carbocycles.